The zero-order chi connectivity index (χ0) is 25.5. The number of nitriles is 1. The Morgan fingerprint density at radius 1 is 1.14 bits per heavy atom. The van der Waals surface area contributed by atoms with Gasteiger partial charge in [-0.2, -0.15) is 15.5 Å². The Hall–Kier alpha value is -4.09. The molecule has 8 nitrogen and oxygen atoms in total. The molecule has 1 fully saturated rings. The van der Waals surface area contributed by atoms with Crippen LogP contribution >= 0.6 is 0 Å². The second-order valence-corrected chi connectivity index (χ2v) is 8.96. The molecule has 0 radical (unpaired) electrons. The molecule has 3 atom stereocenters. The van der Waals surface area contributed by atoms with Crippen LogP contribution < -0.4 is 5.73 Å². The number of esters is 1. The minimum absolute atomic E-state index is 0.0387. The van der Waals surface area contributed by atoms with Crippen molar-refractivity contribution in [2.75, 3.05) is 13.7 Å². The van der Waals surface area contributed by atoms with Crippen molar-refractivity contribution in [3.63, 3.8) is 0 Å². The lowest BCUT2D eigenvalue weighted by atomic mass is 9.96. The number of aryl methyl sites for hydroxylation is 1. The van der Waals surface area contributed by atoms with Crippen molar-refractivity contribution < 1.29 is 14.3 Å². The van der Waals surface area contributed by atoms with Crippen LogP contribution in [0.25, 0.3) is 11.3 Å². The van der Waals surface area contributed by atoms with E-state index in [1.807, 2.05) is 42.5 Å². The Kier molecular flexibility index (Phi) is 8.03. The van der Waals surface area contributed by atoms with E-state index in [0.29, 0.717) is 29.9 Å². The van der Waals surface area contributed by atoms with Gasteiger partial charge in [-0.1, -0.05) is 42.5 Å². The Labute approximate surface area is 210 Å². The van der Waals surface area contributed by atoms with Crippen molar-refractivity contribution in [2.45, 2.75) is 37.8 Å². The third kappa shape index (κ3) is 5.75. The topological polar surface area (TPSA) is 122 Å². The molecule has 0 spiro atoms. The van der Waals surface area contributed by atoms with Crippen molar-refractivity contribution in [2.24, 2.45) is 11.7 Å². The summed E-state index contributed by atoms with van der Waals surface area (Å²) < 4.78 is 4.80. The summed E-state index contributed by atoms with van der Waals surface area (Å²) in [5.74, 6) is -0.939. The van der Waals surface area contributed by atoms with Crippen LogP contribution in [0.2, 0.25) is 0 Å². The number of hydrogen-bond donors (Lipinski definition) is 1. The highest BCUT2D eigenvalue weighted by molar-refractivity contribution is 5.86. The predicted molar refractivity (Wildman–Crippen MR) is 134 cm³/mol. The van der Waals surface area contributed by atoms with Gasteiger partial charge in [0.05, 0.1) is 54.6 Å². The van der Waals surface area contributed by atoms with Crippen LogP contribution in [-0.2, 0) is 20.7 Å². The van der Waals surface area contributed by atoms with E-state index in [-0.39, 0.29) is 18.4 Å². The number of carbonyl (C=O) groups is 2. The molecule has 4 rings (SSSR count). The number of ether oxygens (including phenoxy) is 1. The third-order valence-electron chi connectivity index (χ3n) is 6.66. The molecule has 0 aliphatic carbocycles. The third-order valence-corrected chi connectivity index (χ3v) is 6.66. The highest BCUT2D eigenvalue weighted by atomic mass is 16.5. The molecule has 1 amide bonds. The SMILES string of the molecule is COC(=O)C[C@@H]1C[C@@H](C(N)c2ccc(-c3ccc(C#N)cc3)nn2)N(CCCc2ccccc2)C1=O. The lowest BCUT2D eigenvalue weighted by Crippen LogP contribution is -2.41. The quantitative estimate of drug-likeness (QED) is 0.463. The van der Waals surface area contributed by atoms with E-state index in [1.54, 1.807) is 17.0 Å². The summed E-state index contributed by atoms with van der Waals surface area (Å²) in [6, 6.07) is 22.2. The van der Waals surface area contributed by atoms with Crippen LogP contribution in [0.3, 0.4) is 0 Å². The molecule has 8 heteroatoms. The van der Waals surface area contributed by atoms with Gasteiger partial charge in [0, 0.05) is 12.1 Å². The maximum Gasteiger partial charge on any atom is 0.306 e. The van der Waals surface area contributed by atoms with Crippen molar-refractivity contribution >= 4 is 11.9 Å². The van der Waals surface area contributed by atoms with Crippen LogP contribution in [0.15, 0.2) is 66.7 Å². The molecule has 2 aromatic carbocycles. The highest BCUT2D eigenvalue weighted by Gasteiger charge is 2.43. The first kappa shape index (κ1) is 25.0. The summed E-state index contributed by atoms with van der Waals surface area (Å²) >= 11 is 0. The monoisotopic (exact) mass is 483 g/mol. The second-order valence-electron chi connectivity index (χ2n) is 8.96. The lowest BCUT2D eigenvalue weighted by molar-refractivity contribution is -0.144. The van der Waals surface area contributed by atoms with Gasteiger partial charge in [-0.15, -0.1) is 0 Å². The molecule has 2 N–H and O–H groups in total. The van der Waals surface area contributed by atoms with Gasteiger partial charge in [-0.05, 0) is 49.1 Å². The van der Waals surface area contributed by atoms with E-state index in [1.165, 1.54) is 12.7 Å². The molecule has 3 aromatic rings. The van der Waals surface area contributed by atoms with Gasteiger partial charge < -0.3 is 15.4 Å². The largest absolute Gasteiger partial charge is 0.469 e. The van der Waals surface area contributed by atoms with Gasteiger partial charge in [-0.25, -0.2) is 0 Å². The molecule has 0 bridgehead atoms. The summed E-state index contributed by atoms with van der Waals surface area (Å²) in [7, 11) is 1.33. The summed E-state index contributed by atoms with van der Waals surface area (Å²) in [5.41, 5.74) is 10.5. The lowest BCUT2D eigenvalue weighted by Gasteiger charge is -2.29. The molecular weight excluding hydrogens is 454 g/mol. The molecule has 1 unspecified atom stereocenters. The van der Waals surface area contributed by atoms with Gasteiger partial charge in [0.15, 0.2) is 0 Å². The van der Waals surface area contributed by atoms with Crippen LogP contribution in [0.1, 0.15) is 42.1 Å². The van der Waals surface area contributed by atoms with E-state index in [9.17, 15) is 9.59 Å². The first-order chi connectivity index (χ1) is 17.5. The fourth-order valence-corrected chi connectivity index (χ4v) is 4.67. The van der Waals surface area contributed by atoms with Gasteiger partial charge in [0.25, 0.3) is 0 Å². The van der Waals surface area contributed by atoms with Crippen LogP contribution in [0, 0.1) is 17.2 Å². The molecule has 1 saturated heterocycles. The Balaban J connectivity index is 1.49. The second kappa shape index (κ2) is 11.6. The van der Waals surface area contributed by atoms with Crippen molar-refractivity contribution in [3.8, 4) is 17.3 Å². The van der Waals surface area contributed by atoms with E-state index in [0.717, 1.165) is 18.4 Å². The maximum atomic E-state index is 13.2. The zero-order valence-corrected chi connectivity index (χ0v) is 20.2. The minimum Gasteiger partial charge on any atom is -0.469 e. The summed E-state index contributed by atoms with van der Waals surface area (Å²) in [6.07, 6.45) is 2.12. The fraction of sp³-hybridized carbons (Fsp3) is 0.321. The molecule has 1 aliphatic heterocycles. The van der Waals surface area contributed by atoms with Crippen molar-refractivity contribution in [3.05, 3.63) is 83.6 Å². The number of carbonyl (C=O) groups excluding carboxylic acids is 2. The number of aromatic nitrogens is 2. The maximum absolute atomic E-state index is 13.2. The number of methoxy groups -OCH3 is 1. The van der Waals surface area contributed by atoms with Gasteiger partial charge in [-0.3, -0.25) is 9.59 Å². The van der Waals surface area contributed by atoms with E-state index in [2.05, 4.69) is 28.4 Å². The summed E-state index contributed by atoms with van der Waals surface area (Å²) in [5, 5.41) is 17.7. The number of benzene rings is 2. The Morgan fingerprint density at radius 2 is 1.89 bits per heavy atom. The van der Waals surface area contributed by atoms with Crippen molar-refractivity contribution in [1.82, 2.24) is 15.1 Å². The number of hydrogen-bond acceptors (Lipinski definition) is 7. The first-order valence-electron chi connectivity index (χ1n) is 12.0. The molecule has 36 heavy (non-hydrogen) atoms. The Morgan fingerprint density at radius 3 is 2.53 bits per heavy atom. The van der Waals surface area contributed by atoms with Gasteiger partial charge in [0.1, 0.15) is 0 Å². The standard InChI is InChI=1S/C28H29N5O3/c1-36-26(34)17-22-16-25(33(28(22)35)15-5-8-19-6-3-2-4-7-19)27(30)24-14-13-23(31-32-24)21-11-9-20(18-29)10-12-21/h2-4,6-7,9-14,22,25,27H,5,8,15-17,30H2,1H3/t22-,25-,27?/m0/s1. The smallest absolute Gasteiger partial charge is 0.306 e. The predicted octanol–water partition coefficient (Wildman–Crippen LogP) is 3.43. The molecule has 2 heterocycles. The average molecular weight is 484 g/mol. The highest BCUT2D eigenvalue weighted by Crippen LogP contribution is 2.34. The number of likely N-dealkylation sites (tertiary alicyclic amines) is 1. The van der Waals surface area contributed by atoms with E-state index < -0.39 is 17.9 Å². The average Bonchev–Trinajstić information content (AvgIpc) is 3.23. The molecular formula is C28H29N5O3. The number of nitrogens with two attached hydrogens (primary N) is 1. The number of rotatable bonds is 9. The normalized spacial score (nSPS) is 18.0. The molecule has 1 aromatic heterocycles. The first-order valence-corrected chi connectivity index (χ1v) is 12.0. The fourth-order valence-electron chi connectivity index (χ4n) is 4.67. The van der Waals surface area contributed by atoms with Gasteiger partial charge >= 0.3 is 5.97 Å². The number of nitrogens with zero attached hydrogens (tertiary/aromatic N) is 4. The van der Waals surface area contributed by atoms with Gasteiger partial charge in [0.2, 0.25) is 5.91 Å². The van der Waals surface area contributed by atoms with Crippen molar-refractivity contribution in [1.29, 1.82) is 5.26 Å². The van der Waals surface area contributed by atoms with E-state index >= 15 is 0 Å². The molecule has 184 valence electrons. The van der Waals surface area contributed by atoms with Crippen LogP contribution in [0.5, 0.6) is 0 Å². The van der Waals surface area contributed by atoms with Crippen LogP contribution in [0.4, 0.5) is 0 Å². The summed E-state index contributed by atoms with van der Waals surface area (Å²) in [6.45, 7) is 0.542. The summed E-state index contributed by atoms with van der Waals surface area (Å²) in [4.78, 5) is 27.0. The molecule has 0 saturated carbocycles. The zero-order valence-electron chi connectivity index (χ0n) is 20.2. The number of amides is 1. The molecule has 1 aliphatic rings. The minimum atomic E-state index is -0.546. The Bertz CT molecular complexity index is 1220. The van der Waals surface area contributed by atoms with Crippen LogP contribution in [-0.4, -0.2) is 46.7 Å². The van der Waals surface area contributed by atoms with E-state index in [4.69, 9.17) is 15.7 Å².